The van der Waals surface area contributed by atoms with Crippen LogP contribution in [0.3, 0.4) is 0 Å². The SMILES string of the molecule is CC(=O)c1ccc(C(=O)NCc2ccc3c(c2F)CN(C2CCC(=O)NC2=O)C3=O)cc1. The van der Waals surface area contributed by atoms with Gasteiger partial charge in [-0.3, -0.25) is 29.3 Å². The number of carbonyl (C=O) groups excluding carboxylic acids is 5. The molecule has 9 heteroatoms. The molecule has 1 atom stereocenters. The minimum absolute atomic E-state index is 0.0828. The van der Waals surface area contributed by atoms with Gasteiger partial charge in [0.2, 0.25) is 11.8 Å². The molecule has 4 rings (SSSR count). The van der Waals surface area contributed by atoms with E-state index in [1.165, 1.54) is 36.1 Å². The lowest BCUT2D eigenvalue weighted by Crippen LogP contribution is -2.52. The van der Waals surface area contributed by atoms with Crippen LogP contribution in [0, 0.1) is 5.82 Å². The van der Waals surface area contributed by atoms with Crippen LogP contribution in [0.25, 0.3) is 0 Å². The Kier molecular flexibility index (Phi) is 5.56. The number of hydrogen-bond acceptors (Lipinski definition) is 5. The molecule has 1 unspecified atom stereocenters. The molecule has 0 bridgehead atoms. The molecule has 2 aromatic rings. The van der Waals surface area contributed by atoms with E-state index in [1.807, 2.05) is 0 Å². The fourth-order valence-electron chi connectivity index (χ4n) is 3.92. The number of benzene rings is 2. The average Bonchev–Trinajstić information content (AvgIpc) is 3.10. The molecular weight excluding hydrogens is 417 g/mol. The molecule has 1 saturated heterocycles. The first-order chi connectivity index (χ1) is 15.3. The van der Waals surface area contributed by atoms with Gasteiger partial charge in [-0.15, -0.1) is 0 Å². The van der Waals surface area contributed by atoms with Crippen LogP contribution in [-0.2, 0) is 22.7 Å². The van der Waals surface area contributed by atoms with Crippen LogP contribution < -0.4 is 10.6 Å². The van der Waals surface area contributed by atoms with Crippen LogP contribution in [0.5, 0.6) is 0 Å². The maximum atomic E-state index is 15.1. The lowest BCUT2D eigenvalue weighted by molar-refractivity contribution is -0.136. The normalized spacial score (nSPS) is 17.8. The Morgan fingerprint density at radius 1 is 1.09 bits per heavy atom. The number of rotatable bonds is 5. The molecule has 2 heterocycles. The molecule has 0 spiro atoms. The summed E-state index contributed by atoms with van der Waals surface area (Å²) < 4.78 is 15.1. The summed E-state index contributed by atoms with van der Waals surface area (Å²) in [5.74, 6) is -2.58. The van der Waals surface area contributed by atoms with Crippen molar-refractivity contribution in [3.05, 3.63) is 70.0 Å². The van der Waals surface area contributed by atoms with Crippen molar-refractivity contribution in [2.45, 2.75) is 38.9 Å². The summed E-state index contributed by atoms with van der Waals surface area (Å²) in [6, 6.07) is 8.20. The third-order valence-corrected chi connectivity index (χ3v) is 5.72. The standard InChI is InChI=1S/C23H20FN3O5/c1-12(28)13-2-4-14(5-3-13)21(30)25-10-15-6-7-16-17(20(15)24)11-27(23(16)32)18-8-9-19(29)26-22(18)31/h2-7,18H,8-11H2,1H3,(H,25,30)(H,26,29,31). The van der Waals surface area contributed by atoms with E-state index in [1.54, 1.807) is 12.1 Å². The topological polar surface area (TPSA) is 113 Å². The third kappa shape index (κ3) is 3.89. The smallest absolute Gasteiger partial charge is 0.255 e. The van der Waals surface area contributed by atoms with E-state index in [-0.39, 0.29) is 48.4 Å². The van der Waals surface area contributed by atoms with Crippen LogP contribution in [0.15, 0.2) is 36.4 Å². The molecule has 2 aliphatic rings. The number of amides is 4. The second-order valence-electron chi connectivity index (χ2n) is 7.78. The molecule has 2 N–H and O–H groups in total. The Morgan fingerprint density at radius 3 is 2.44 bits per heavy atom. The Labute approximate surface area is 182 Å². The fraction of sp³-hybridized carbons (Fsp3) is 0.261. The zero-order chi connectivity index (χ0) is 23.0. The molecular formula is C23H20FN3O5. The van der Waals surface area contributed by atoms with E-state index >= 15 is 4.39 Å². The largest absolute Gasteiger partial charge is 0.348 e. The minimum Gasteiger partial charge on any atom is -0.348 e. The number of carbonyl (C=O) groups is 5. The first-order valence-corrected chi connectivity index (χ1v) is 10.1. The van der Waals surface area contributed by atoms with Crippen molar-refractivity contribution in [3.63, 3.8) is 0 Å². The Balaban J connectivity index is 1.46. The van der Waals surface area contributed by atoms with Crippen LogP contribution in [0.1, 0.15) is 62.0 Å². The first-order valence-electron chi connectivity index (χ1n) is 10.1. The summed E-state index contributed by atoms with van der Waals surface area (Å²) in [7, 11) is 0. The number of nitrogens with zero attached hydrogens (tertiary/aromatic N) is 1. The predicted octanol–water partition coefficient (Wildman–Crippen LogP) is 1.72. The summed E-state index contributed by atoms with van der Waals surface area (Å²) in [4.78, 5) is 61.2. The molecule has 0 saturated carbocycles. The number of hydrogen-bond donors (Lipinski definition) is 2. The Morgan fingerprint density at radius 2 is 1.78 bits per heavy atom. The summed E-state index contributed by atoms with van der Waals surface area (Å²) in [5, 5.41) is 4.84. The van der Waals surface area contributed by atoms with Crippen molar-refractivity contribution in [3.8, 4) is 0 Å². The number of imide groups is 1. The highest BCUT2D eigenvalue weighted by atomic mass is 19.1. The van der Waals surface area contributed by atoms with E-state index in [0.29, 0.717) is 11.1 Å². The number of Topliss-reactive ketones (excluding diaryl/α,β-unsaturated/α-hetero) is 1. The van der Waals surface area contributed by atoms with Gasteiger partial charge in [-0.1, -0.05) is 18.2 Å². The summed E-state index contributed by atoms with van der Waals surface area (Å²) in [5.41, 5.74) is 1.35. The number of nitrogens with one attached hydrogen (secondary N) is 2. The number of ketones is 1. The maximum absolute atomic E-state index is 15.1. The molecule has 0 radical (unpaired) electrons. The van der Waals surface area contributed by atoms with Gasteiger partial charge in [-0.25, -0.2) is 4.39 Å². The fourth-order valence-corrected chi connectivity index (χ4v) is 3.92. The first kappa shape index (κ1) is 21.4. The van der Waals surface area contributed by atoms with Crippen molar-refractivity contribution in [2.75, 3.05) is 0 Å². The van der Waals surface area contributed by atoms with Gasteiger partial charge in [0.05, 0.1) is 6.54 Å². The van der Waals surface area contributed by atoms with Crippen LogP contribution in [-0.4, -0.2) is 40.4 Å². The molecule has 0 aromatic heterocycles. The van der Waals surface area contributed by atoms with E-state index in [9.17, 15) is 24.0 Å². The van der Waals surface area contributed by atoms with Crippen molar-refractivity contribution >= 4 is 29.4 Å². The van der Waals surface area contributed by atoms with Crippen molar-refractivity contribution < 1.29 is 28.4 Å². The number of halogens is 1. The van der Waals surface area contributed by atoms with E-state index in [4.69, 9.17) is 0 Å². The quantitative estimate of drug-likeness (QED) is 0.546. The van der Waals surface area contributed by atoms with Gasteiger partial charge < -0.3 is 10.2 Å². The Hall–Kier alpha value is -3.88. The molecule has 164 valence electrons. The Bertz CT molecular complexity index is 1160. The zero-order valence-electron chi connectivity index (χ0n) is 17.2. The summed E-state index contributed by atoms with van der Waals surface area (Å²) >= 11 is 0. The minimum atomic E-state index is -0.826. The highest BCUT2D eigenvalue weighted by Crippen LogP contribution is 2.30. The van der Waals surface area contributed by atoms with Gasteiger partial charge in [0.15, 0.2) is 5.78 Å². The van der Waals surface area contributed by atoms with Gasteiger partial charge in [0.25, 0.3) is 11.8 Å². The van der Waals surface area contributed by atoms with Crippen molar-refractivity contribution in [1.82, 2.24) is 15.5 Å². The predicted molar refractivity (Wildman–Crippen MR) is 110 cm³/mol. The summed E-state index contributed by atoms with van der Waals surface area (Å²) in [6.07, 6.45) is 0.307. The second kappa shape index (κ2) is 8.33. The molecule has 1 fully saturated rings. The van der Waals surface area contributed by atoms with Gasteiger partial charge >= 0.3 is 0 Å². The van der Waals surface area contributed by atoms with Gasteiger partial charge in [0, 0.05) is 40.8 Å². The van der Waals surface area contributed by atoms with Crippen LogP contribution >= 0.6 is 0 Å². The monoisotopic (exact) mass is 437 g/mol. The molecule has 4 amide bonds. The van der Waals surface area contributed by atoms with Crippen LogP contribution in [0.2, 0.25) is 0 Å². The second-order valence-corrected chi connectivity index (χ2v) is 7.78. The van der Waals surface area contributed by atoms with Gasteiger partial charge in [0.1, 0.15) is 11.9 Å². The molecule has 0 aliphatic carbocycles. The van der Waals surface area contributed by atoms with Gasteiger partial charge in [-0.2, -0.15) is 0 Å². The van der Waals surface area contributed by atoms with E-state index in [0.717, 1.165) is 0 Å². The maximum Gasteiger partial charge on any atom is 0.255 e. The number of piperidine rings is 1. The zero-order valence-corrected chi connectivity index (χ0v) is 17.2. The van der Waals surface area contributed by atoms with Crippen molar-refractivity contribution in [2.24, 2.45) is 0 Å². The lowest BCUT2D eigenvalue weighted by Gasteiger charge is -2.29. The third-order valence-electron chi connectivity index (χ3n) is 5.72. The highest BCUT2D eigenvalue weighted by molar-refractivity contribution is 6.05. The van der Waals surface area contributed by atoms with Crippen LogP contribution in [0.4, 0.5) is 4.39 Å². The number of fused-ring (bicyclic) bond motifs is 1. The van der Waals surface area contributed by atoms with E-state index in [2.05, 4.69) is 10.6 Å². The molecule has 8 nitrogen and oxygen atoms in total. The average molecular weight is 437 g/mol. The molecule has 2 aromatic carbocycles. The van der Waals surface area contributed by atoms with Crippen molar-refractivity contribution in [1.29, 1.82) is 0 Å². The highest BCUT2D eigenvalue weighted by Gasteiger charge is 2.40. The molecule has 2 aliphatic heterocycles. The lowest BCUT2D eigenvalue weighted by atomic mass is 10.0. The molecule has 32 heavy (non-hydrogen) atoms. The van der Waals surface area contributed by atoms with Gasteiger partial charge in [-0.05, 0) is 31.5 Å². The summed E-state index contributed by atoms with van der Waals surface area (Å²) in [6.45, 7) is 1.25. The van der Waals surface area contributed by atoms with E-state index < -0.39 is 35.5 Å².